The van der Waals surface area contributed by atoms with E-state index >= 15 is 0 Å². The maximum Gasteiger partial charge on any atom is 0.303 e. The molecule has 258 valence electrons. The van der Waals surface area contributed by atoms with Gasteiger partial charge in [-0.25, -0.2) is 0 Å². The number of amides is 1. The molecule has 1 saturated heterocycles. The molecule has 1 amide bonds. The lowest BCUT2D eigenvalue weighted by molar-refractivity contribution is -0.252. The normalized spacial score (nSPS) is 18.2. The number of phenols is 1. The Hall–Kier alpha value is -4.58. The molecule has 5 N–H and O–H groups in total. The van der Waals surface area contributed by atoms with Crippen molar-refractivity contribution >= 4 is 11.9 Å². The topological polar surface area (TPSA) is 149 Å². The largest absolute Gasteiger partial charge is 0.508 e. The molecule has 1 fully saturated rings. The average molecular weight is 669 g/mol. The van der Waals surface area contributed by atoms with Crippen LogP contribution < -0.4 is 5.32 Å². The highest BCUT2D eigenvalue weighted by Gasteiger charge is 2.33. The number of ether oxygens (including phenoxy) is 2. The van der Waals surface area contributed by atoms with E-state index in [4.69, 9.17) is 14.6 Å². The predicted molar refractivity (Wildman–Crippen MR) is 184 cm³/mol. The standard InChI is InChI=1S/C39H44N2O8/c1-41(24-35(44)30-7-4-8-32(43)20-30)23-33-21-36(28-14-12-26(25-42)13-15-28)49-39(48-33)29-18-16-27(17-19-29)34-9-3-2-6-31(34)22-40-37(45)10-5-11-38(46)47/h2-4,6-9,12-20,33,35-36,39,42-44H,5,10-11,21-25H2,1H3,(H,40,45)(H,46,47)/t33-,35+,36+,39+/m0/s1. The van der Waals surface area contributed by atoms with E-state index in [0.29, 0.717) is 38.0 Å². The molecule has 4 aromatic carbocycles. The third-order valence-electron chi connectivity index (χ3n) is 8.65. The Morgan fingerprint density at radius 3 is 2.37 bits per heavy atom. The molecule has 0 aromatic heterocycles. The van der Waals surface area contributed by atoms with Crippen LogP contribution >= 0.6 is 0 Å². The number of aliphatic hydroxyl groups is 2. The summed E-state index contributed by atoms with van der Waals surface area (Å²) in [6, 6.07) is 30.1. The van der Waals surface area contributed by atoms with Crippen LogP contribution in [0.4, 0.5) is 0 Å². The van der Waals surface area contributed by atoms with E-state index in [2.05, 4.69) is 5.32 Å². The first-order chi connectivity index (χ1) is 23.7. The van der Waals surface area contributed by atoms with E-state index in [0.717, 1.165) is 33.4 Å². The smallest absolute Gasteiger partial charge is 0.303 e. The van der Waals surface area contributed by atoms with Gasteiger partial charge in [-0.2, -0.15) is 0 Å². The Labute approximate surface area is 286 Å². The number of carboxylic acid groups (broad SMARTS) is 1. The number of carbonyl (C=O) groups is 2. The summed E-state index contributed by atoms with van der Waals surface area (Å²) in [6.45, 7) is 1.17. The van der Waals surface area contributed by atoms with Gasteiger partial charge in [0, 0.05) is 44.5 Å². The van der Waals surface area contributed by atoms with Gasteiger partial charge < -0.3 is 40.1 Å². The second-order valence-corrected chi connectivity index (χ2v) is 12.5. The lowest BCUT2D eigenvalue weighted by Gasteiger charge is -2.38. The molecule has 0 unspecified atom stereocenters. The van der Waals surface area contributed by atoms with Gasteiger partial charge in [0.25, 0.3) is 0 Å². The van der Waals surface area contributed by atoms with Gasteiger partial charge in [-0.3, -0.25) is 9.59 Å². The van der Waals surface area contributed by atoms with Gasteiger partial charge in [-0.1, -0.05) is 84.9 Å². The molecule has 10 nitrogen and oxygen atoms in total. The number of aromatic hydroxyl groups is 1. The van der Waals surface area contributed by atoms with Gasteiger partial charge in [0.05, 0.1) is 24.9 Å². The summed E-state index contributed by atoms with van der Waals surface area (Å²) in [5, 5.41) is 41.9. The monoisotopic (exact) mass is 668 g/mol. The van der Waals surface area contributed by atoms with Crippen LogP contribution in [0.15, 0.2) is 97.1 Å². The number of rotatable bonds is 15. The fourth-order valence-corrected chi connectivity index (χ4v) is 6.05. The Kier molecular flexibility index (Phi) is 12.5. The molecule has 4 atom stereocenters. The molecule has 10 heteroatoms. The van der Waals surface area contributed by atoms with Crippen molar-refractivity contribution in [2.75, 3.05) is 20.1 Å². The van der Waals surface area contributed by atoms with E-state index < -0.39 is 18.4 Å². The summed E-state index contributed by atoms with van der Waals surface area (Å²) in [5.41, 5.74) is 6.15. The van der Waals surface area contributed by atoms with Crippen molar-refractivity contribution in [3.63, 3.8) is 0 Å². The van der Waals surface area contributed by atoms with E-state index in [-0.39, 0.29) is 43.3 Å². The van der Waals surface area contributed by atoms with Crippen molar-refractivity contribution in [2.45, 2.75) is 63.4 Å². The molecule has 5 rings (SSSR count). The summed E-state index contributed by atoms with van der Waals surface area (Å²) in [7, 11) is 1.93. The number of carbonyl (C=O) groups excluding carboxylic acids is 1. The second kappa shape index (κ2) is 17.2. The number of benzene rings is 4. The van der Waals surface area contributed by atoms with E-state index in [1.807, 2.05) is 84.7 Å². The van der Waals surface area contributed by atoms with E-state index in [9.17, 15) is 24.9 Å². The molecule has 1 aliphatic heterocycles. The van der Waals surface area contributed by atoms with Gasteiger partial charge in [0.2, 0.25) is 5.91 Å². The van der Waals surface area contributed by atoms with Crippen LogP contribution in [0.5, 0.6) is 5.75 Å². The van der Waals surface area contributed by atoms with Crippen molar-refractivity contribution < 1.29 is 39.5 Å². The predicted octanol–water partition coefficient (Wildman–Crippen LogP) is 5.63. The molecule has 0 aliphatic carbocycles. The minimum atomic E-state index is -0.915. The van der Waals surface area contributed by atoms with Gasteiger partial charge in [0.15, 0.2) is 6.29 Å². The first-order valence-electron chi connectivity index (χ1n) is 16.5. The Morgan fingerprint density at radius 2 is 1.65 bits per heavy atom. The highest BCUT2D eigenvalue weighted by atomic mass is 16.7. The highest BCUT2D eigenvalue weighted by Crippen LogP contribution is 2.39. The molecule has 0 bridgehead atoms. The number of nitrogens with zero attached hydrogens (tertiary/aromatic N) is 1. The molecule has 0 radical (unpaired) electrons. The molecule has 4 aromatic rings. The zero-order chi connectivity index (χ0) is 34.8. The summed E-state index contributed by atoms with van der Waals surface area (Å²) >= 11 is 0. The first-order valence-corrected chi connectivity index (χ1v) is 16.5. The second-order valence-electron chi connectivity index (χ2n) is 12.5. The number of carboxylic acids is 1. The van der Waals surface area contributed by atoms with Crippen LogP contribution in [0.3, 0.4) is 0 Å². The van der Waals surface area contributed by atoms with Crippen LogP contribution in [0.25, 0.3) is 11.1 Å². The molecule has 49 heavy (non-hydrogen) atoms. The number of nitrogens with one attached hydrogen (secondary N) is 1. The van der Waals surface area contributed by atoms with Crippen molar-refractivity contribution in [1.29, 1.82) is 0 Å². The number of aliphatic hydroxyl groups excluding tert-OH is 2. The molecule has 0 saturated carbocycles. The summed E-state index contributed by atoms with van der Waals surface area (Å²) in [4.78, 5) is 25.1. The van der Waals surface area contributed by atoms with Crippen molar-refractivity contribution in [3.05, 3.63) is 125 Å². The molecular weight excluding hydrogens is 624 g/mol. The maximum absolute atomic E-state index is 12.3. The Balaban J connectivity index is 1.29. The number of hydrogen-bond acceptors (Lipinski definition) is 8. The minimum absolute atomic E-state index is 0.0392. The van der Waals surface area contributed by atoms with Crippen molar-refractivity contribution in [1.82, 2.24) is 10.2 Å². The number of aliphatic carboxylic acids is 1. The van der Waals surface area contributed by atoms with Crippen LogP contribution in [-0.4, -0.2) is 63.4 Å². The number of phenolic OH excluding ortho intramolecular Hbond substituents is 1. The Bertz CT molecular complexity index is 1680. The van der Waals surface area contributed by atoms with Crippen LogP contribution in [-0.2, 0) is 32.2 Å². The third kappa shape index (κ3) is 10.2. The number of likely N-dealkylation sites (N-methyl/N-ethyl adjacent to an activating group) is 1. The van der Waals surface area contributed by atoms with Crippen LogP contribution in [0, 0.1) is 0 Å². The quantitative estimate of drug-likeness (QED) is 0.109. The average Bonchev–Trinajstić information content (AvgIpc) is 3.10. The fourth-order valence-electron chi connectivity index (χ4n) is 6.05. The minimum Gasteiger partial charge on any atom is -0.508 e. The van der Waals surface area contributed by atoms with Crippen LogP contribution in [0.2, 0.25) is 0 Å². The summed E-state index contributed by atoms with van der Waals surface area (Å²) in [6.07, 6.45) is -0.913. The van der Waals surface area contributed by atoms with Gasteiger partial charge in [0.1, 0.15) is 5.75 Å². The molecule has 1 heterocycles. The molecular formula is C39H44N2O8. The number of hydrogen-bond donors (Lipinski definition) is 5. The summed E-state index contributed by atoms with van der Waals surface area (Å²) < 4.78 is 13.0. The lowest BCUT2D eigenvalue weighted by Crippen LogP contribution is -2.39. The third-order valence-corrected chi connectivity index (χ3v) is 8.65. The molecule has 0 spiro atoms. The SMILES string of the molecule is CN(C[C@@H]1C[C@H](c2ccc(CO)cc2)O[C@H](c2ccc(-c3ccccc3CNC(=O)CCCC(=O)O)cc2)O1)C[C@@H](O)c1cccc(O)c1. The first kappa shape index (κ1) is 35.7. The fraction of sp³-hybridized carbons (Fsp3) is 0.333. The van der Waals surface area contributed by atoms with Crippen molar-refractivity contribution in [3.8, 4) is 16.9 Å². The van der Waals surface area contributed by atoms with Gasteiger partial charge in [-0.15, -0.1) is 0 Å². The summed E-state index contributed by atoms with van der Waals surface area (Å²) in [5.74, 6) is -0.995. The van der Waals surface area contributed by atoms with Crippen LogP contribution in [0.1, 0.15) is 72.0 Å². The van der Waals surface area contributed by atoms with E-state index in [1.165, 1.54) is 0 Å². The van der Waals surface area contributed by atoms with Crippen molar-refractivity contribution in [2.24, 2.45) is 0 Å². The van der Waals surface area contributed by atoms with Gasteiger partial charge >= 0.3 is 5.97 Å². The Morgan fingerprint density at radius 1 is 0.918 bits per heavy atom. The zero-order valence-corrected chi connectivity index (χ0v) is 27.6. The van der Waals surface area contributed by atoms with Gasteiger partial charge in [-0.05, 0) is 59.0 Å². The molecule has 1 aliphatic rings. The zero-order valence-electron chi connectivity index (χ0n) is 27.6. The lowest BCUT2D eigenvalue weighted by atomic mass is 9.97. The highest BCUT2D eigenvalue weighted by molar-refractivity contribution is 5.77. The maximum atomic E-state index is 12.3. The van der Waals surface area contributed by atoms with E-state index in [1.54, 1.807) is 24.3 Å².